The van der Waals surface area contributed by atoms with Crippen molar-refractivity contribution in [3.63, 3.8) is 0 Å². The summed E-state index contributed by atoms with van der Waals surface area (Å²) in [5.41, 5.74) is 0. The molecular weight excluding hydrogens is 192 g/mol. The lowest BCUT2D eigenvalue weighted by molar-refractivity contribution is 0.165. The second kappa shape index (κ2) is 4.19. The number of hydrogen-bond acceptors (Lipinski definition) is 3. The first kappa shape index (κ1) is 9.80. The van der Waals surface area contributed by atoms with Gasteiger partial charge in [0.15, 0.2) is 11.5 Å². The number of ether oxygens (including phenoxy) is 1. The third-order valence-electron chi connectivity index (χ3n) is 2.01. The summed E-state index contributed by atoms with van der Waals surface area (Å²) in [5.74, 6) is 1.72. The van der Waals surface area contributed by atoms with Gasteiger partial charge in [-0.25, -0.2) is 0 Å². The van der Waals surface area contributed by atoms with Crippen LogP contribution in [-0.4, -0.2) is 5.11 Å². The molecule has 0 saturated carbocycles. The molecule has 1 heterocycles. The highest BCUT2D eigenvalue weighted by atomic mass is 16.5. The fourth-order valence-corrected chi connectivity index (χ4v) is 1.31. The van der Waals surface area contributed by atoms with Gasteiger partial charge in [-0.3, -0.25) is 0 Å². The zero-order chi connectivity index (χ0) is 10.7. The second-order valence-corrected chi connectivity index (χ2v) is 3.24. The van der Waals surface area contributed by atoms with Gasteiger partial charge < -0.3 is 14.3 Å². The van der Waals surface area contributed by atoms with Crippen LogP contribution in [-0.2, 0) is 0 Å². The molecule has 3 nitrogen and oxygen atoms in total. The van der Waals surface area contributed by atoms with Gasteiger partial charge in [-0.15, -0.1) is 0 Å². The van der Waals surface area contributed by atoms with Crippen LogP contribution >= 0.6 is 0 Å². The van der Waals surface area contributed by atoms with Crippen molar-refractivity contribution in [1.82, 2.24) is 0 Å². The molecular formula is C12H12O3. The topological polar surface area (TPSA) is 42.6 Å². The van der Waals surface area contributed by atoms with E-state index in [9.17, 15) is 5.11 Å². The van der Waals surface area contributed by atoms with Crippen molar-refractivity contribution in [1.29, 1.82) is 0 Å². The first-order valence-corrected chi connectivity index (χ1v) is 4.75. The molecule has 0 bridgehead atoms. The van der Waals surface area contributed by atoms with Gasteiger partial charge in [-0.2, -0.15) is 0 Å². The van der Waals surface area contributed by atoms with Crippen LogP contribution < -0.4 is 4.74 Å². The second-order valence-electron chi connectivity index (χ2n) is 3.24. The number of para-hydroxylation sites is 1. The van der Waals surface area contributed by atoms with Crippen LogP contribution in [0, 0.1) is 0 Å². The summed E-state index contributed by atoms with van der Waals surface area (Å²) in [4.78, 5) is 0. The summed E-state index contributed by atoms with van der Waals surface area (Å²) in [7, 11) is 0. The van der Waals surface area contributed by atoms with Gasteiger partial charge in [0.1, 0.15) is 11.9 Å². The Morgan fingerprint density at radius 1 is 1.20 bits per heavy atom. The Labute approximate surface area is 87.9 Å². The summed E-state index contributed by atoms with van der Waals surface area (Å²) in [5, 5.41) is 9.40. The van der Waals surface area contributed by atoms with E-state index in [1.165, 1.54) is 6.26 Å². The average Bonchev–Trinajstić information content (AvgIpc) is 2.67. The lowest BCUT2D eigenvalue weighted by Gasteiger charge is -2.06. The summed E-state index contributed by atoms with van der Waals surface area (Å²) in [6.07, 6.45) is 0.832. The van der Waals surface area contributed by atoms with Gasteiger partial charge in [0, 0.05) is 6.07 Å². The molecule has 3 heteroatoms. The van der Waals surface area contributed by atoms with E-state index in [-0.39, 0.29) is 0 Å². The van der Waals surface area contributed by atoms with Crippen LogP contribution in [0.5, 0.6) is 11.5 Å². The third kappa shape index (κ3) is 2.19. The van der Waals surface area contributed by atoms with E-state index in [1.807, 2.05) is 30.3 Å². The maximum Gasteiger partial charge on any atom is 0.174 e. The molecule has 1 N–H and O–H groups in total. The average molecular weight is 204 g/mol. The van der Waals surface area contributed by atoms with Crippen LogP contribution in [0.25, 0.3) is 0 Å². The minimum Gasteiger partial charge on any atom is -0.463 e. The monoisotopic (exact) mass is 204 g/mol. The standard InChI is InChI=1S/C12H12O3/c1-9(13)12-11(7-8-14-12)15-10-5-3-2-4-6-10/h2-9,13H,1H3. The molecule has 1 aromatic heterocycles. The van der Waals surface area contributed by atoms with E-state index in [0.29, 0.717) is 11.5 Å². The Kier molecular flexibility index (Phi) is 2.74. The molecule has 0 amide bonds. The first-order chi connectivity index (χ1) is 7.27. The van der Waals surface area contributed by atoms with E-state index in [4.69, 9.17) is 9.15 Å². The minimum atomic E-state index is -0.668. The van der Waals surface area contributed by atoms with Crippen molar-refractivity contribution in [3.8, 4) is 11.5 Å². The van der Waals surface area contributed by atoms with Gasteiger partial charge in [-0.05, 0) is 19.1 Å². The maximum absolute atomic E-state index is 9.40. The van der Waals surface area contributed by atoms with Crippen molar-refractivity contribution in [2.24, 2.45) is 0 Å². The fourth-order valence-electron chi connectivity index (χ4n) is 1.31. The van der Waals surface area contributed by atoms with Crippen LogP contribution in [0.2, 0.25) is 0 Å². The Morgan fingerprint density at radius 3 is 2.60 bits per heavy atom. The van der Waals surface area contributed by atoms with Gasteiger partial charge >= 0.3 is 0 Å². The molecule has 2 rings (SSSR count). The van der Waals surface area contributed by atoms with Crippen LogP contribution in [0.4, 0.5) is 0 Å². The van der Waals surface area contributed by atoms with Gasteiger partial charge in [0.25, 0.3) is 0 Å². The SMILES string of the molecule is CC(O)c1occc1Oc1ccccc1. The summed E-state index contributed by atoms with van der Waals surface area (Å²) in [6, 6.07) is 11.1. The van der Waals surface area contributed by atoms with Crippen molar-refractivity contribution in [3.05, 3.63) is 48.4 Å². The van der Waals surface area contributed by atoms with Crippen molar-refractivity contribution in [2.75, 3.05) is 0 Å². The molecule has 0 saturated heterocycles. The molecule has 0 spiro atoms. The molecule has 15 heavy (non-hydrogen) atoms. The Bertz CT molecular complexity index is 417. The van der Waals surface area contributed by atoms with Crippen molar-refractivity contribution < 1.29 is 14.3 Å². The summed E-state index contributed by atoms with van der Waals surface area (Å²) >= 11 is 0. The highest BCUT2D eigenvalue weighted by molar-refractivity contribution is 5.33. The van der Waals surface area contributed by atoms with Gasteiger partial charge in [-0.1, -0.05) is 18.2 Å². The smallest absolute Gasteiger partial charge is 0.174 e. The summed E-state index contributed by atoms with van der Waals surface area (Å²) < 4.78 is 10.7. The molecule has 0 radical (unpaired) electrons. The predicted octanol–water partition coefficient (Wildman–Crippen LogP) is 3.13. The number of furan rings is 1. The number of rotatable bonds is 3. The number of benzene rings is 1. The van der Waals surface area contributed by atoms with E-state index >= 15 is 0 Å². The number of aliphatic hydroxyl groups excluding tert-OH is 1. The normalized spacial score (nSPS) is 12.4. The molecule has 0 aliphatic carbocycles. The molecule has 1 aromatic carbocycles. The largest absolute Gasteiger partial charge is 0.463 e. The Balaban J connectivity index is 2.21. The van der Waals surface area contributed by atoms with Gasteiger partial charge in [0.05, 0.1) is 6.26 Å². The number of hydrogen-bond donors (Lipinski definition) is 1. The zero-order valence-corrected chi connectivity index (χ0v) is 8.38. The molecule has 0 fully saturated rings. The number of aliphatic hydroxyl groups is 1. The summed E-state index contributed by atoms with van der Waals surface area (Å²) in [6.45, 7) is 1.64. The minimum absolute atomic E-state index is 0.443. The zero-order valence-electron chi connectivity index (χ0n) is 8.38. The third-order valence-corrected chi connectivity index (χ3v) is 2.01. The molecule has 1 atom stereocenters. The predicted molar refractivity (Wildman–Crippen MR) is 55.9 cm³/mol. The van der Waals surface area contributed by atoms with Gasteiger partial charge in [0.2, 0.25) is 0 Å². The van der Waals surface area contributed by atoms with E-state index in [0.717, 1.165) is 5.75 Å². The quantitative estimate of drug-likeness (QED) is 0.835. The Hall–Kier alpha value is -1.74. The van der Waals surface area contributed by atoms with E-state index in [2.05, 4.69) is 0 Å². The highest BCUT2D eigenvalue weighted by Crippen LogP contribution is 2.30. The highest BCUT2D eigenvalue weighted by Gasteiger charge is 2.13. The molecule has 78 valence electrons. The van der Waals surface area contributed by atoms with Crippen molar-refractivity contribution >= 4 is 0 Å². The van der Waals surface area contributed by atoms with Crippen molar-refractivity contribution in [2.45, 2.75) is 13.0 Å². The molecule has 0 aliphatic heterocycles. The molecule has 0 aliphatic rings. The van der Waals surface area contributed by atoms with E-state index < -0.39 is 6.10 Å². The lowest BCUT2D eigenvalue weighted by Crippen LogP contribution is -1.92. The first-order valence-electron chi connectivity index (χ1n) is 4.75. The molecule has 1 unspecified atom stereocenters. The van der Waals surface area contributed by atoms with E-state index in [1.54, 1.807) is 13.0 Å². The van der Waals surface area contributed by atoms with Crippen LogP contribution in [0.3, 0.4) is 0 Å². The molecule has 2 aromatic rings. The Morgan fingerprint density at radius 2 is 1.93 bits per heavy atom. The lowest BCUT2D eigenvalue weighted by atomic mass is 10.3. The fraction of sp³-hybridized carbons (Fsp3) is 0.167. The van der Waals surface area contributed by atoms with Crippen LogP contribution in [0.1, 0.15) is 18.8 Å². The maximum atomic E-state index is 9.40. The van der Waals surface area contributed by atoms with Crippen LogP contribution in [0.15, 0.2) is 47.1 Å².